The molecule has 134 valence electrons. The van der Waals surface area contributed by atoms with Crippen LogP contribution in [0.3, 0.4) is 0 Å². The first-order valence-electron chi connectivity index (χ1n) is 7.67. The quantitative estimate of drug-likeness (QED) is 0.784. The van der Waals surface area contributed by atoms with E-state index in [1.165, 1.54) is 37.1 Å². The standard InChI is InChI=1S/C16H18ClN3O5/c1-9(14(22)19-16(24)18-2)25-15(23)10-5-6-11(17)12(8-10)20-7-3-4-13(20)21/h5-6,8-9H,3-4,7H2,1-2H3,(H2,18,19,22,24)/t9-/m1/s1. The topological polar surface area (TPSA) is 105 Å². The van der Waals surface area contributed by atoms with Gasteiger partial charge in [0.1, 0.15) is 0 Å². The number of carbonyl (C=O) groups is 4. The van der Waals surface area contributed by atoms with Crippen molar-refractivity contribution in [3.05, 3.63) is 28.8 Å². The summed E-state index contributed by atoms with van der Waals surface area (Å²) in [6, 6.07) is 3.69. The van der Waals surface area contributed by atoms with E-state index < -0.39 is 24.0 Å². The summed E-state index contributed by atoms with van der Waals surface area (Å²) in [7, 11) is 1.36. The number of carbonyl (C=O) groups excluding carboxylic acids is 4. The Hall–Kier alpha value is -2.61. The second kappa shape index (κ2) is 7.98. The molecular formula is C16H18ClN3O5. The highest BCUT2D eigenvalue weighted by Crippen LogP contribution is 2.30. The summed E-state index contributed by atoms with van der Waals surface area (Å²) in [6.07, 6.45) is -0.0141. The highest BCUT2D eigenvalue weighted by atomic mass is 35.5. The number of amides is 4. The molecule has 2 rings (SSSR count). The number of ether oxygens (including phenoxy) is 1. The van der Waals surface area contributed by atoms with E-state index in [1.807, 2.05) is 5.32 Å². The van der Waals surface area contributed by atoms with Crippen LogP contribution >= 0.6 is 11.6 Å². The molecule has 1 atom stereocenters. The summed E-state index contributed by atoms with van der Waals surface area (Å²) in [5.74, 6) is -1.58. The average molecular weight is 368 g/mol. The monoisotopic (exact) mass is 367 g/mol. The summed E-state index contributed by atoms with van der Waals surface area (Å²) in [5.41, 5.74) is 0.583. The number of benzene rings is 1. The number of rotatable bonds is 4. The van der Waals surface area contributed by atoms with E-state index >= 15 is 0 Å². The molecule has 0 aromatic heterocycles. The van der Waals surface area contributed by atoms with Crippen LogP contribution in [-0.2, 0) is 14.3 Å². The van der Waals surface area contributed by atoms with Crippen LogP contribution in [0.4, 0.5) is 10.5 Å². The molecule has 0 unspecified atom stereocenters. The molecule has 1 heterocycles. The Balaban J connectivity index is 2.10. The molecule has 1 aliphatic heterocycles. The van der Waals surface area contributed by atoms with E-state index in [1.54, 1.807) is 0 Å². The number of imide groups is 1. The Morgan fingerprint density at radius 3 is 2.64 bits per heavy atom. The van der Waals surface area contributed by atoms with Crippen LogP contribution in [-0.4, -0.2) is 43.5 Å². The number of nitrogens with one attached hydrogen (secondary N) is 2. The molecule has 1 aromatic rings. The van der Waals surface area contributed by atoms with Gasteiger partial charge in [0.15, 0.2) is 6.10 Å². The maximum absolute atomic E-state index is 12.2. The Morgan fingerprint density at radius 2 is 2.04 bits per heavy atom. The van der Waals surface area contributed by atoms with Crippen LogP contribution in [0.5, 0.6) is 0 Å². The fourth-order valence-electron chi connectivity index (χ4n) is 2.31. The highest BCUT2D eigenvalue weighted by molar-refractivity contribution is 6.34. The lowest BCUT2D eigenvalue weighted by Crippen LogP contribution is -2.43. The SMILES string of the molecule is CNC(=O)NC(=O)[C@@H](C)OC(=O)c1ccc(Cl)c(N2CCCC2=O)c1. The number of halogens is 1. The van der Waals surface area contributed by atoms with Crippen molar-refractivity contribution in [3.63, 3.8) is 0 Å². The molecule has 25 heavy (non-hydrogen) atoms. The maximum atomic E-state index is 12.2. The molecule has 0 spiro atoms. The Bertz CT molecular complexity index is 722. The molecule has 2 N–H and O–H groups in total. The van der Waals surface area contributed by atoms with Gasteiger partial charge in [-0.3, -0.25) is 14.9 Å². The summed E-state index contributed by atoms with van der Waals surface area (Å²) >= 11 is 6.12. The molecule has 1 saturated heterocycles. The molecule has 9 heteroatoms. The molecule has 8 nitrogen and oxygen atoms in total. The van der Waals surface area contributed by atoms with E-state index in [-0.39, 0.29) is 11.5 Å². The van der Waals surface area contributed by atoms with Crippen LogP contribution in [0.15, 0.2) is 18.2 Å². The zero-order valence-electron chi connectivity index (χ0n) is 13.8. The van der Waals surface area contributed by atoms with Gasteiger partial charge in [-0.15, -0.1) is 0 Å². The van der Waals surface area contributed by atoms with Gasteiger partial charge in [-0.1, -0.05) is 11.6 Å². The van der Waals surface area contributed by atoms with Crippen molar-refractivity contribution < 1.29 is 23.9 Å². The minimum Gasteiger partial charge on any atom is -0.449 e. The molecule has 0 aliphatic carbocycles. The third-order valence-electron chi connectivity index (χ3n) is 3.66. The first kappa shape index (κ1) is 18.7. The molecule has 1 fully saturated rings. The molecule has 1 aromatic carbocycles. The van der Waals surface area contributed by atoms with E-state index in [9.17, 15) is 19.2 Å². The van der Waals surface area contributed by atoms with Crippen molar-refractivity contribution in [1.29, 1.82) is 0 Å². The first-order valence-corrected chi connectivity index (χ1v) is 8.04. The lowest BCUT2D eigenvalue weighted by atomic mass is 10.2. The van der Waals surface area contributed by atoms with Gasteiger partial charge in [-0.25, -0.2) is 9.59 Å². The maximum Gasteiger partial charge on any atom is 0.338 e. The van der Waals surface area contributed by atoms with Crippen molar-refractivity contribution in [1.82, 2.24) is 10.6 Å². The van der Waals surface area contributed by atoms with Crippen molar-refractivity contribution in [2.45, 2.75) is 25.9 Å². The van der Waals surface area contributed by atoms with Crippen LogP contribution in [0, 0.1) is 0 Å². The normalized spacial score (nSPS) is 14.8. The van der Waals surface area contributed by atoms with Crippen LogP contribution < -0.4 is 15.5 Å². The second-order valence-corrected chi connectivity index (χ2v) is 5.84. The van der Waals surface area contributed by atoms with Gasteiger partial charge in [0.05, 0.1) is 16.3 Å². The van der Waals surface area contributed by atoms with Gasteiger partial charge in [0, 0.05) is 20.0 Å². The van der Waals surface area contributed by atoms with E-state index in [0.717, 1.165) is 6.42 Å². The Kier molecular flexibility index (Phi) is 5.97. The molecule has 1 aliphatic rings. The summed E-state index contributed by atoms with van der Waals surface area (Å²) in [5, 5.41) is 4.58. The van der Waals surface area contributed by atoms with Crippen molar-refractivity contribution in [2.75, 3.05) is 18.5 Å². The number of hydrogen-bond acceptors (Lipinski definition) is 5. The number of anilines is 1. The summed E-state index contributed by atoms with van der Waals surface area (Å²) < 4.78 is 5.05. The molecule has 0 bridgehead atoms. The zero-order valence-corrected chi connectivity index (χ0v) is 14.6. The molecule has 0 radical (unpaired) electrons. The minimum atomic E-state index is -1.17. The third kappa shape index (κ3) is 4.48. The number of urea groups is 1. The van der Waals surface area contributed by atoms with Crippen molar-refractivity contribution >= 4 is 41.1 Å². The van der Waals surface area contributed by atoms with Gasteiger partial charge in [-0.2, -0.15) is 0 Å². The highest BCUT2D eigenvalue weighted by Gasteiger charge is 2.26. The fraction of sp³-hybridized carbons (Fsp3) is 0.375. The lowest BCUT2D eigenvalue weighted by Gasteiger charge is -2.18. The predicted octanol–water partition coefficient (Wildman–Crippen LogP) is 1.47. The first-order chi connectivity index (χ1) is 11.8. The average Bonchev–Trinajstić information content (AvgIpc) is 3.00. The van der Waals surface area contributed by atoms with Gasteiger partial charge < -0.3 is 15.0 Å². The summed E-state index contributed by atoms with van der Waals surface area (Å²) in [4.78, 5) is 48.4. The third-order valence-corrected chi connectivity index (χ3v) is 3.98. The van der Waals surface area contributed by atoms with E-state index in [2.05, 4.69) is 5.32 Å². The molecule has 4 amide bonds. The van der Waals surface area contributed by atoms with Crippen LogP contribution in [0.1, 0.15) is 30.1 Å². The second-order valence-electron chi connectivity index (χ2n) is 5.43. The van der Waals surface area contributed by atoms with Gasteiger partial charge in [-0.05, 0) is 31.5 Å². The van der Waals surface area contributed by atoms with Gasteiger partial charge in [0.25, 0.3) is 5.91 Å². The van der Waals surface area contributed by atoms with Crippen molar-refractivity contribution in [2.24, 2.45) is 0 Å². The zero-order chi connectivity index (χ0) is 18.6. The molecule has 0 saturated carbocycles. The largest absolute Gasteiger partial charge is 0.449 e. The van der Waals surface area contributed by atoms with E-state index in [0.29, 0.717) is 23.7 Å². The van der Waals surface area contributed by atoms with Crippen LogP contribution in [0.2, 0.25) is 5.02 Å². The minimum absolute atomic E-state index is 0.0641. The van der Waals surface area contributed by atoms with Gasteiger partial charge >= 0.3 is 12.0 Å². The van der Waals surface area contributed by atoms with Crippen LogP contribution in [0.25, 0.3) is 0 Å². The van der Waals surface area contributed by atoms with E-state index in [4.69, 9.17) is 16.3 Å². The number of hydrogen-bond donors (Lipinski definition) is 2. The lowest BCUT2D eigenvalue weighted by molar-refractivity contribution is -0.127. The van der Waals surface area contributed by atoms with Gasteiger partial charge in [0.2, 0.25) is 5.91 Å². The predicted molar refractivity (Wildman–Crippen MR) is 90.5 cm³/mol. The Morgan fingerprint density at radius 1 is 1.32 bits per heavy atom. The fourth-order valence-corrected chi connectivity index (χ4v) is 2.53. The number of nitrogens with zero attached hydrogens (tertiary/aromatic N) is 1. The van der Waals surface area contributed by atoms with Crippen molar-refractivity contribution in [3.8, 4) is 0 Å². The summed E-state index contributed by atoms with van der Waals surface area (Å²) in [6.45, 7) is 1.87. The smallest absolute Gasteiger partial charge is 0.338 e. The number of esters is 1. The Labute approximate surface area is 149 Å². The molecular weight excluding hydrogens is 350 g/mol.